The van der Waals surface area contributed by atoms with Crippen molar-refractivity contribution in [1.29, 1.82) is 0 Å². The lowest BCUT2D eigenvalue weighted by Gasteiger charge is -2.09. The summed E-state index contributed by atoms with van der Waals surface area (Å²) in [6.45, 7) is 0. The second kappa shape index (κ2) is 7.10. The van der Waals surface area contributed by atoms with Crippen molar-refractivity contribution in [2.45, 2.75) is 11.1 Å². The molecule has 9 heteroatoms. The van der Waals surface area contributed by atoms with Crippen molar-refractivity contribution in [3.8, 4) is 5.88 Å². The maximum Gasteiger partial charge on any atom is 0.417 e. The van der Waals surface area contributed by atoms with Gasteiger partial charge >= 0.3 is 12.1 Å². The summed E-state index contributed by atoms with van der Waals surface area (Å²) in [6.07, 6.45) is -3.90. The van der Waals surface area contributed by atoms with Crippen LogP contribution in [0.1, 0.15) is 15.9 Å². The predicted molar refractivity (Wildman–Crippen MR) is 78.5 cm³/mol. The van der Waals surface area contributed by atoms with Crippen LogP contribution in [0.3, 0.4) is 0 Å². The number of aromatic nitrogens is 1. The van der Waals surface area contributed by atoms with Crippen LogP contribution < -0.4 is 4.18 Å². The molecule has 0 bridgehead atoms. The minimum Gasteiger partial charge on any atom is -0.465 e. The summed E-state index contributed by atoms with van der Waals surface area (Å²) in [4.78, 5) is 15.5. The van der Waals surface area contributed by atoms with Gasteiger partial charge < -0.3 is 8.92 Å². The molecular weight excluding hydrogens is 355 g/mol. The molecule has 0 saturated heterocycles. The molecule has 0 fully saturated rings. The molecule has 23 heavy (non-hydrogen) atoms. The first-order chi connectivity index (χ1) is 10.8. The van der Waals surface area contributed by atoms with Gasteiger partial charge in [-0.15, -0.1) is 0 Å². The third kappa shape index (κ3) is 4.52. The molecule has 1 aromatic carbocycles. The molecule has 0 radical (unpaired) electrons. The molecule has 2 aromatic rings. The quantitative estimate of drug-likeness (QED) is 0.585. The first-order valence-corrected chi connectivity index (χ1v) is 7.19. The standard InChI is InChI=1S/C14H9ClF3NO3S/c1-21-13(20)8-3-2-4-10(5-8)23-22-12-11(15)6-9(7-19-12)14(16,17)18/h2-7H,1H3. The number of hydrogen-bond acceptors (Lipinski definition) is 5. The minimum absolute atomic E-state index is 0.159. The van der Waals surface area contributed by atoms with Gasteiger partial charge in [0.25, 0.3) is 0 Å². The number of rotatable bonds is 4. The van der Waals surface area contributed by atoms with Gasteiger partial charge in [-0.1, -0.05) is 17.7 Å². The molecule has 2 rings (SSSR count). The van der Waals surface area contributed by atoms with Crippen LogP contribution >= 0.6 is 23.6 Å². The van der Waals surface area contributed by atoms with Crippen molar-refractivity contribution in [3.63, 3.8) is 0 Å². The average Bonchev–Trinajstić information content (AvgIpc) is 2.52. The Hall–Kier alpha value is -1.93. The maximum atomic E-state index is 12.5. The second-order valence-electron chi connectivity index (χ2n) is 4.19. The first kappa shape index (κ1) is 17.4. The fraction of sp³-hybridized carbons (Fsp3) is 0.143. The van der Waals surface area contributed by atoms with Crippen LogP contribution in [0.25, 0.3) is 0 Å². The predicted octanol–water partition coefficient (Wildman–Crippen LogP) is 4.63. The molecule has 122 valence electrons. The SMILES string of the molecule is COC(=O)c1cccc(SOc2ncc(C(F)(F)F)cc2Cl)c1. The number of halogens is 4. The van der Waals surface area contributed by atoms with Gasteiger partial charge in [-0.2, -0.15) is 13.2 Å². The highest BCUT2D eigenvalue weighted by molar-refractivity contribution is 7.95. The van der Waals surface area contributed by atoms with Crippen molar-refractivity contribution < 1.29 is 26.9 Å². The number of benzene rings is 1. The summed E-state index contributed by atoms with van der Waals surface area (Å²) >= 11 is 6.54. The molecule has 0 aliphatic heterocycles. The van der Waals surface area contributed by atoms with E-state index in [0.29, 0.717) is 16.7 Å². The molecule has 0 aliphatic rings. The third-order valence-corrected chi connectivity index (χ3v) is 3.57. The van der Waals surface area contributed by atoms with Crippen LogP contribution in [-0.2, 0) is 10.9 Å². The van der Waals surface area contributed by atoms with E-state index in [0.717, 1.165) is 18.1 Å². The number of esters is 1. The van der Waals surface area contributed by atoms with Gasteiger partial charge in [0.2, 0.25) is 5.88 Å². The van der Waals surface area contributed by atoms with Gasteiger partial charge in [-0.25, -0.2) is 9.78 Å². The lowest BCUT2D eigenvalue weighted by Crippen LogP contribution is -2.05. The Labute approximate surface area is 138 Å². The Kier molecular flexibility index (Phi) is 5.38. The number of hydrogen-bond donors (Lipinski definition) is 0. The van der Waals surface area contributed by atoms with Gasteiger partial charge in [0.05, 0.1) is 30.3 Å². The van der Waals surface area contributed by atoms with Crippen molar-refractivity contribution in [2.24, 2.45) is 0 Å². The van der Waals surface area contributed by atoms with Crippen molar-refractivity contribution in [1.82, 2.24) is 4.98 Å². The number of carbonyl (C=O) groups is 1. The van der Waals surface area contributed by atoms with Crippen molar-refractivity contribution in [3.05, 3.63) is 52.7 Å². The maximum absolute atomic E-state index is 12.5. The molecule has 1 heterocycles. The monoisotopic (exact) mass is 363 g/mol. The lowest BCUT2D eigenvalue weighted by atomic mass is 10.2. The fourth-order valence-corrected chi connectivity index (χ4v) is 2.39. The Balaban J connectivity index is 2.11. The number of nitrogens with zero attached hydrogens (tertiary/aromatic N) is 1. The molecule has 0 unspecified atom stereocenters. The van der Waals surface area contributed by atoms with E-state index in [1.165, 1.54) is 13.2 Å². The van der Waals surface area contributed by atoms with Crippen LogP contribution in [0.4, 0.5) is 13.2 Å². The first-order valence-electron chi connectivity index (χ1n) is 6.07. The number of methoxy groups -OCH3 is 1. The summed E-state index contributed by atoms with van der Waals surface area (Å²) in [5.41, 5.74) is -0.653. The van der Waals surface area contributed by atoms with E-state index in [9.17, 15) is 18.0 Å². The number of pyridine rings is 1. The molecule has 0 aliphatic carbocycles. The summed E-state index contributed by atoms with van der Waals surface area (Å²) in [7, 11) is 1.25. The Morgan fingerprint density at radius 2 is 2.04 bits per heavy atom. The van der Waals surface area contributed by atoms with E-state index < -0.39 is 17.7 Å². The normalized spacial score (nSPS) is 11.2. The molecule has 0 N–H and O–H groups in total. The molecule has 4 nitrogen and oxygen atoms in total. The van der Waals surface area contributed by atoms with Gasteiger partial charge in [-0.3, -0.25) is 0 Å². The van der Waals surface area contributed by atoms with Crippen molar-refractivity contribution in [2.75, 3.05) is 7.11 Å². The van der Waals surface area contributed by atoms with Crippen molar-refractivity contribution >= 4 is 29.6 Å². The zero-order valence-electron chi connectivity index (χ0n) is 11.6. The summed E-state index contributed by atoms with van der Waals surface area (Å²) in [6, 6.07) is 7.05. The number of alkyl halides is 3. The van der Waals surface area contributed by atoms with E-state index in [2.05, 4.69) is 9.72 Å². The van der Waals surface area contributed by atoms with E-state index in [-0.39, 0.29) is 10.9 Å². The molecular formula is C14H9ClF3NO3S. The van der Waals surface area contributed by atoms with E-state index in [4.69, 9.17) is 15.8 Å². The van der Waals surface area contributed by atoms with Crippen LogP contribution in [0.15, 0.2) is 41.4 Å². The summed E-state index contributed by atoms with van der Waals surface area (Å²) in [5, 5.41) is -0.267. The van der Waals surface area contributed by atoms with Gasteiger partial charge in [0, 0.05) is 11.1 Å². The molecule has 0 amide bonds. The lowest BCUT2D eigenvalue weighted by molar-refractivity contribution is -0.137. The smallest absolute Gasteiger partial charge is 0.417 e. The summed E-state index contributed by atoms with van der Waals surface area (Å²) in [5.74, 6) is -0.675. The topological polar surface area (TPSA) is 48.4 Å². The van der Waals surface area contributed by atoms with Crippen LogP contribution in [0, 0.1) is 0 Å². The highest BCUT2D eigenvalue weighted by atomic mass is 35.5. The Morgan fingerprint density at radius 1 is 1.30 bits per heavy atom. The zero-order chi connectivity index (χ0) is 17.0. The molecule has 0 atom stereocenters. The number of carbonyl (C=O) groups excluding carboxylic acids is 1. The van der Waals surface area contributed by atoms with E-state index in [1.54, 1.807) is 18.2 Å². The van der Waals surface area contributed by atoms with Crippen LogP contribution in [0.5, 0.6) is 5.88 Å². The number of ether oxygens (including phenoxy) is 1. The Morgan fingerprint density at radius 3 is 2.65 bits per heavy atom. The average molecular weight is 364 g/mol. The zero-order valence-corrected chi connectivity index (χ0v) is 13.1. The summed E-state index contributed by atoms with van der Waals surface area (Å²) < 4.78 is 47.3. The molecule has 1 aromatic heterocycles. The largest absolute Gasteiger partial charge is 0.465 e. The highest BCUT2D eigenvalue weighted by Crippen LogP contribution is 2.34. The van der Waals surface area contributed by atoms with Crippen LogP contribution in [-0.4, -0.2) is 18.1 Å². The second-order valence-corrected chi connectivity index (χ2v) is 5.41. The minimum atomic E-state index is -4.53. The molecule has 0 spiro atoms. The fourth-order valence-electron chi connectivity index (χ4n) is 1.52. The van der Waals surface area contributed by atoms with Crippen LogP contribution in [0.2, 0.25) is 5.02 Å². The van der Waals surface area contributed by atoms with Gasteiger partial charge in [-0.05, 0) is 24.3 Å². The van der Waals surface area contributed by atoms with E-state index in [1.807, 2.05) is 0 Å². The van der Waals surface area contributed by atoms with Gasteiger partial charge in [0.1, 0.15) is 5.02 Å². The van der Waals surface area contributed by atoms with Gasteiger partial charge in [0.15, 0.2) is 0 Å². The molecule has 0 saturated carbocycles. The highest BCUT2D eigenvalue weighted by Gasteiger charge is 2.31. The Bertz CT molecular complexity index is 725. The van der Waals surface area contributed by atoms with E-state index >= 15 is 0 Å². The third-order valence-electron chi connectivity index (χ3n) is 2.61.